The molecule has 0 bridgehead atoms. The van der Waals surface area contributed by atoms with Crippen LogP contribution in [0, 0.1) is 5.92 Å². The molecule has 0 aliphatic heterocycles. The van der Waals surface area contributed by atoms with Crippen LogP contribution in [0.5, 0.6) is 0 Å². The fraction of sp³-hybridized carbons (Fsp3) is 0.250. The lowest BCUT2D eigenvalue weighted by Crippen LogP contribution is -2.31. The zero-order valence-electron chi connectivity index (χ0n) is 14.1. The van der Waals surface area contributed by atoms with Crippen LogP contribution in [0.4, 0.5) is 5.69 Å². The largest absolute Gasteiger partial charge is 0.481 e. The van der Waals surface area contributed by atoms with Crippen molar-refractivity contribution in [3.63, 3.8) is 0 Å². The molecule has 1 aliphatic rings. The first-order chi connectivity index (χ1) is 12.5. The molecule has 0 heterocycles. The molecule has 0 radical (unpaired) electrons. The Hall–Kier alpha value is -3.15. The predicted molar refractivity (Wildman–Crippen MR) is 96.9 cm³/mol. The van der Waals surface area contributed by atoms with Crippen molar-refractivity contribution in [1.29, 1.82) is 0 Å². The van der Waals surface area contributed by atoms with Crippen molar-refractivity contribution >= 4 is 23.5 Å². The van der Waals surface area contributed by atoms with Crippen LogP contribution >= 0.6 is 0 Å². The Kier molecular flexibility index (Phi) is 5.31. The summed E-state index contributed by atoms with van der Waals surface area (Å²) in [6.07, 6.45) is 1.86. The van der Waals surface area contributed by atoms with Crippen molar-refractivity contribution < 1.29 is 19.5 Å². The summed E-state index contributed by atoms with van der Waals surface area (Å²) in [5.41, 5.74) is 1.69. The van der Waals surface area contributed by atoms with Gasteiger partial charge in [-0.05, 0) is 42.7 Å². The van der Waals surface area contributed by atoms with Gasteiger partial charge in [0.1, 0.15) is 0 Å². The minimum atomic E-state index is -0.991. The van der Waals surface area contributed by atoms with Gasteiger partial charge in [-0.15, -0.1) is 0 Å². The fourth-order valence-corrected chi connectivity index (χ4v) is 2.62. The molecule has 1 unspecified atom stereocenters. The average Bonchev–Trinajstić information content (AvgIpc) is 3.48. The number of carbonyl (C=O) groups excluding carboxylic acids is 2. The van der Waals surface area contributed by atoms with Gasteiger partial charge in [-0.25, -0.2) is 0 Å². The average molecular weight is 352 g/mol. The van der Waals surface area contributed by atoms with E-state index < -0.39 is 11.9 Å². The van der Waals surface area contributed by atoms with Gasteiger partial charge >= 0.3 is 5.97 Å². The lowest BCUT2D eigenvalue weighted by molar-refractivity contribution is -0.138. The van der Waals surface area contributed by atoms with Gasteiger partial charge in [0.2, 0.25) is 5.91 Å². The van der Waals surface area contributed by atoms with E-state index >= 15 is 0 Å². The number of hydrogen-bond acceptors (Lipinski definition) is 3. The van der Waals surface area contributed by atoms with Crippen molar-refractivity contribution in [2.45, 2.75) is 18.8 Å². The molecule has 1 saturated carbocycles. The monoisotopic (exact) mass is 352 g/mol. The number of carboxylic acids is 1. The van der Waals surface area contributed by atoms with Gasteiger partial charge in [-0.3, -0.25) is 14.4 Å². The molecule has 6 heteroatoms. The molecule has 3 rings (SSSR count). The number of carboxylic acid groups (broad SMARTS) is 1. The Morgan fingerprint density at radius 1 is 1.00 bits per heavy atom. The van der Waals surface area contributed by atoms with Gasteiger partial charge in [0.25, 0.3) is 5.91 Å². The number of amides is 2. The number of rotatable bonds is 7. The smallest absolute Gasteiger partial charge is 0.312 e. The highest BCUT2D eigenvalue weighted by Crippen LogP contribution is 2.30. The molecule has 2 amide bonds. The Morgan fingerprint density at radius 3 is 2.23 bits per heavy atom. The third kappa shape index (κ3) is 4.47. The van der Waals surface area contributed by atoms with Gasteiger partial charge in [-0.2, -0.15) is 0 Å². The summed E-state index contributed by atoms with van der Waals surface area (Å²) in [5.74, 6) is -2.03. The number of hydrogen-bond donors (Lipinski definition) is 3. The van der Waals surface area contributed by atoms with Gasteiger partial charge < -0.3 is 15.7 Å². The maximum Gasteiger partial charge on any atom is 0.312 e. The molecule has 6 nitrogen and oxygen atoms in total. The lowest BCUT2D eigenvalue weighted by Gasteiger charge is -2.14. The van der Waals surface area contributed by atoms with Crippen LogP contribution in [0.2, 0.25) is 0 Å². The SMILES string of the molecule is O=C(NCC(C(=O)O)c1ccccc1)c1ccc(NC(=O)C2CC2)cc1. The molecule has 3 N–H and O–H groups in total. The van der Waals surface area contributed by atoms with Crippen molar-refractivity contribution in [3.05, 3.63) is 65.7 Å². The van der Waals surface area contributed by atoms with Crippen LogP contribution < -0.4 is 10.6 Å². The summed E-state index contributed by atoms with van der Waals surface area (Å²) in [7, 11) is 0. The van der Waals surface area contributed by atoms with E-state index in [0.717, 1.165) is 12.8 Å². The summed E-state index contributed by atoms with van der Waals surface area (Å²) in [6.45, 7) is -0.00164. The van der Waals surface area contributed by atoms with Gasteiger partial charge in [0.05, 0.1) is 5.92 Å². The summed E-state index contributed by atoms with van der Waals surface area (Å²) >= 11 is 0. The summed E-state index contributed by atoms with van der Waals surface area (Å²) < 4.78 is 0. The van der Waals surface area contributed by atoms with E-state index in [1.165, 1.54) is 0 Å². The third-order valence-electron chi connectivity index (χ3n) is 4.33. The number of anilines is 1. The van der Waals surface area contributed by atoms with E-state index in [2.05, 4.69) is 10.6 Å². The number of carbonyl (C=O) groups is 3. The minimum absolute atomic E-state index is 0.00164. The van der Waals surface area contributed by atoms with Crippen molar-refractivity contribution in [1.82, 2.24) is 5.32 Å². The highest BCUT2D eigenvalue weighted by atomic mass is 16.4. The Balaban J connectivity index is 1.58. The highest BCUT2D eigenvalue weighted by molar-refractivity contribution is 5.97. The van der Waals surface area contributed by atoms with E-state index in [9.17, 15) is 19.5 Å². The highest BCUT2D eigenvalue weighted by Gasteiger charge is 2.29. The number of aliphatic carboxylic acids is 1. The molecule has 1 atom stereocenters. The maximum atomic E-state index is 12.3. The second-order valence-corrected chi connectivity index (χ2v) is 6.35. The number of benzene rings is 2. The standard InChI is InChI=1S/C20H20N2O4/c23-18(21-12-17(20(25)26)13-4-2-1-3-5-13)14-8-10-16(11-9-14)22-19(24)15-6-7-15/h1-5,8-11,15,17H,6-7,12H2,(H,21,23)(H,22,24)(H,25,26). The predicted octanol–water partition coefficient (Wildman–Crippen LogP) is 2.63. The zero-order chi connectivity index (χ0) is 18.5. The second-order valence-electron chi connectivity index (χ2n) is 6.35. The molecule has 0 saturated heterocycles. The van der Waals surface area contributed by atoms with Crippen LogP contribution in [0.3, 0.4) is 0 Å². The molecule has 2 aromatic carbocycles. The summed E-state index contributed by atoms with van der Waals surface area (Å²) in [4.78, 5) is 35.5. The topological polar surface area (TPSA) is 95.5 Å². The second kappa shape index (κ2) is 7.82. The zero-order valence-corrected chi connectivity index (χ0v) is 14.1. The van der Waals surface area contributed by atoms with E-state index in [1.807, 2.05) is 6.07 Å². The third-order valence-corrected chi connectivity index (χ3v) is 4.33. The van der Waals surface area contributed by atoms with Crippen LogP contribution in [-0.4, -0.2) is 29.4 Å². The first kappa shape index (κ1) is 17.7. The first-order valence-corrected chi connectivity index (χ1v) is 8.51. The molecule has 26 heavy (non-hydrogen) atoms. The van der Waals surface area contributed by atoms with Crippen molar-refractivity contribution in [2.24, 2.45) is 5.92 Å². The maximum absolute atomic E-state index is 12.3. The van der Waals surface area contributed by atoms with E-state index in [4.69, 9.17) is 0 Å². The van der Waals surface area contributed by atoms with Crippen molar-refractivity contribution in [2.75, 3.05) is 11.9 Å². The molecular formula is C20H20N2O4. The number of nitrogens with one attached hydrogen (secondary N) is 2. The van der Waals surface area contributed by atoms with Crippen LogP contribution in [-0.2, 0) is 9.59 Å². The van der Waals surface area contributed by atoms with Gasteiger partial charge in [-0.1, -0.05) is 30.3 Å². The Labute approximate surface area is 151 Å². The molecular weight excluding hydrogens is 332 g/mol. The van der Waals surface area contributed by atoms with Gasteiger partial charge in [0.15, 0.2) is 0 Å². The Bertz CT molecular complexity index is 798. The summed E-state index contributed by atoms with van der Waals surface area (Å²) in [5, 5.41) is 14.9. The molecule has 0 spiro atoms. The minimum Gasteiger partial charge on any atom is -0.481 e. The van der Waals surface area contributed by atoms with Crippen LogP contribution in [0.1, 0.15) is 34.7 Å². The first-order valence-electron chi connectivity index (χ1n) is 8.51. The quantitative estimate of drug-likeness (QED) is 0.714. The van der Waals surface area contributed by atoms with E-state index in [-0.39, 0.29) is 24.3 Å². The lowest BCUT2D eigenvalue weighted by atomic mass is 9.99. The normalized spacial score (nSPS) is 14.3. The van der Waals surface area contributed by atoms with Crippen molar-refractivity contribution in [3.8, 4) is 0 Å². The van der Waals surface area contributed by atoms with Gasteiger partial charge in [0, 0.05) is 23.7 Å². The molecule has 2 aromatic rings. The Morgan fingerprint density at radius 2 is 1.65 bits per heavy atom. The molecule has 0 aromatic heterocycles. The van der Waals surface area contributed by atoms with Crippen LogP contribution in [0.15, 0.2) is 54.6 Å². The fourth-order valence-electron chi connectivity index (χ4n) is 2.62. The van der Waals surface area contributed by atoms with E-state index in [0.29, 0.717) is 16.8 Å². The molecule has 134 valence electrons. The van der Waals surface area contributed by atoms with E-state index in [1.54, 1.807) is 48.5 Å². The van der Waals surface area contributed by atoms with Crippen LogP contribution in [0.25, 0.3) is 0 Å². The molecule has 1 fully saturated rings. The molecule has 1 aliphatic carbocycles. The summed E-state index contributed by atoms with van der Waals surface area (Å²) in [6, 6.07) is 15.3.